The number of oxazole rings is 1. The number of halogens is 1. The second kappa shape index (κ2) is 9.82. The average molecular weight is 500 g/mol. The van der Waals surface area contributed by atoms with Gasteiger partial charge in [0.15, 0.2) is 5.96 Å². The molecule has 0 radical (unpaired) electrons. The molecule has 0 bridgehead atoms. The Morgan fingerprint density at radius 2 is 2.07 bits per heavy atom. The first-order valence-electron chi connectivity index (χ1n) is 9.08. The van der Waals surface area contributed by atoms with E-state index in [0.717, 1.165) is 49.0 Å². The molecule has 1 aliphatic rings. The summed E-state index contributed by atoms with van der Waals surface area (Å²) in [7, 11) is 1.85. The Bertz CT molecular complexity index is 758. The summed E-state index contributed by atoms with van der Waals surface area (Å²) in [5.74, 6) is 2.79. The fourth-order valence-corrected chi connectivity index (χ4v) is 4.19. The number of benzene rings is 1. The van der Waals surface area contributed by atoms with Gasteiger partial charge in [0.2, 0.25) is 5.89 Å². The highest BCUT2D eigenvalue weighted by Gasteiger charge is 2.28. The van der Waals surface area contributed by atoms with Gasteiger partial charge in [-0.1, -0.05) is 17.7 Å². The maximum absolute atomic E-state index is 5.64. The molecule has 1 saturated heterocycles. The van der Waals surface area contributed by atoms with E-state index in [-0.39, 0.29) is 28.7 Å². The molecule has 1 N–H and O–H groups in total. The van der Waals surface area contributed by atoms with Crippen molar-refractivity contribution in [1.82, 2.24) is 15.2 Å². The summed E-state index contributed by atoms with van der Waals surface area (Å²) in [6.07, 6.45) is 2.56. The molecule has 0 atom stereocenters. The molecule has 0 unspecified atom stereocenters. The highest BCUT2D eigenvalue weighted by atomic mass is 127. The number of hydrogen-bond donors (Lipinski definition) is 1. The number of aliphatic imine (C=N–C) groups is 1. The van der Waals surface area contributed by atoms with Crippen LogP contribution in [-0.2, 0) is 6.42 Å². The van der Waals surface area contributed by atoms with Gasteiger partial charge in [0.25, 0.3) is 0 Å². The fourth-order valence-electron chi connectivity index (χ4n) is 3.08. The van der Waals surface area contributed by atoms with Crippen LogP contribution in [0.25, 0.3) is 11.5 Å². The molecular formula is C20H29IN4OS. The zero-order chi connectivity index (χ0) is 18.6. The largest absolute Gasteiger partial charge is 0.444 e. The Morgan fingerprint density at radius 1 is 1.33 bits per heavy atom. The van der Waals surface area contributed by atoms with Crippen LogP contribution in [0.1, 0.15) is 25.1 Å². The fraction of sp³-hybridized carbons (Fsp3) is 0.500. The van der Waals surface area contributed by atoms with E-state index in [0.29, 0.717) is 5.89 Å². The first-order chi connectivity index (χ1) is 12.5. The third-order valence-corrected chi connectivity index (χ3v) is 5.75. The third-order valence-electron chi connectivity index (χ3n) is 4.45. The van der Waals surface area contributed by atoms with Crippen LogP contribution in [0.4, 0.5) is 0 Å². The van der Waals surface area contributed by atoms with E-state index in [4.69, 9.17) is 4.42 Å². The van der Waals surface area contributed by atoms with Gasteiger partial charge in [0.05, 0.1) is 5.69 Å². The minimum atomic E-state index is 0. The monoisotopic (exact) mass is 500 g/mol. The van der Waals surface area contributed by atoms with E-state index < -0.39 is 0 Å². The van der Waals surface area contributed by atoms with Gasteiger partial charge in [0, 0.05) is 49.2 Å². The predicted molar refractivity (Wildman–Crippen MR) is 125 cm³/mol. The highest BCUT2D eigenvalue weighted by Crippen LogP contribution is 2.29. The molecule has 2 aromatic rings. The molecule has 0 aliphatic carbocycles. The number of rotatable bonds is 4. The van der Waals surface area contributed by atoms with Crippen LogP contribution in [0.3, 0.4) is 0 Å². The molecule has 2 heterocycles. The average Bonchev–Trinajstić information content (AvgIpc) is 3.07. The second-order valence-corrected chi connectivity index (χ2v) is 9.07. The minimum absolute atomic E-state index is 0. The molecule has 5 nitrogen and oxygen atoms in total. The summed E-state index contributed by atoms with van der Waals surface area (Å²) in [6, 6.07) is 8.23. The Kier molecular flexibility index (Phi) is 8.03. The number of aromatic nitrogens is 1. The van der Waals surface area contributed by atoms with E-state index >= 15 is 0 Å². The Morgan fingerprint density at radius 3 is 2.74 bits per heavy atom. The maximum atomic E-state index is 5.64. The number of thioether (sulfide) groups is 1. The van der Waals surface area contributed by atoms with Crippen molar-refractivity contribution in [1.29, 1.82) is 0 Å². The van der Waals surface area contributed by atoms with Gasteiger partial charge in [-0.15, -0.1) is 24.0 Å². The van der Waals surface area contributed by atoms with Crippen molar-refractivity contribution in [3.05, 3.63) is 41.8 Å². The number of guanidine groups is 1. The molecule has 27 heavy (non-hydrogen) atoms. The maximum Gasteiger partial charge on any atom is 0.226 e. The minimum Gasteiger partial charge on any atom is -0.444 e. The molecule has 1 aliphatic heterocycles. The van der Waals surface area contributed by atoms with Crippen molar-refractivity contribution in [2.75, 3.05) is 32.4 Å². The van der Waals surface area contributed by atoms with E-state index in [1.807, 2.05) is 30.9 Å². The van der Waals surface area contributed by atoms with E-state index in [1.54, 1.807) is 6.26 Å². The first kappa shape index (κ1) is 22.1. The van der Waals surface area contributed by atoms with Gasteiger partial charge < -0.3 is 14.6 Å². The molecule has 148 valence electrons. The summed E-state index contributed by atoms with van der Waals surface area (Å²) in [5, 5.41) is 3.47. The standard InChI is InChI=1S/C20H28N4OS.HI/c1-15-5-7-16(8-6-15)18-23-17(13-25-18)9-10-22-19(21-4)24-11-12-26-20(2,3)14-24;/h5-8,13H,9-12,14H2,1-4H3,(H,21,22);1H. The van der Waals surface area contributed by atoms with Crippen LogP contribution in [0.2, 0.25) is 0 Å². The highest BCUT2D eigenvalue weighted by molar-refractivity contribution is 14.0. The smallest absolute Gasteiger partial charge is 0.226 e. The van der Waals surface area contributed by atoms with Gasteiger partial charge in [-0.3, -0.25) is 4.99 Å². The lowest BCUT2D eigenvalue weighted by Gasteiger charge is -2.39. The van der Waals surface area contributed by atoms with Crippen molar-refractivity contribution >= 4 is 41.7 Å². The van der Waals surface area contributed by atoms with Crippen LogP contribution >= 0.6 is 35.7 Å². The van der Waals surface area contributed by atoms with Crippen LogP contribution in [-0.4, -0.2) is 53.0 Å². The zero-order valence-corrected chi connectivity index (χ0v) is 19.6. The van der Waals surface area contributed by atoms with Gasteiger partial charge in [-0.05, 0) is 32.9 Å². The molecule has 1 aromatic heterocycles. The lowest BCUT2D eigenvalue weighted by molar-refractivity contribution is 0.376. The number of nitrogens with one attached hydrogen (secondary N) is 1. The van der Waals surface area contributed by atoms with Crippen molar-refractivity contribution in [3.8, 4) is 11.5 Å². The lowest BCUT2D eigenvalue weighted by Crippen LogP contribution is -2.51. The van der Waals surface area contributed by atoms with Gasteiger partial charge in [-0.25, -0.2) is 4.98 Å². The molecule has 1 aromatic carbocycles. The normalized spacial score (nSPS) is 16.7. The SMILES string of the molecule is CN=C(NCCc1coc(-c2ccc(C)cc2)n1)N1CCSC(C)(C)C1.I. The summed E-state index contributed by atoms with van der Waals surface area (Å²) >= 11 is 2.03. The Labute approximate surface area is 183 Å². The van der Waals surface area contributed by atoms with Crippen molar-refractivity contribution < 1.29 is 4.42 Å². The number of hydrogen-bond acceptors (Lipinski definition) is 4. The first-order valence-corrected chi connectivity index (χ1v) is 10.1. The van der Waals surface area contributed by atoms with Crippen LogP contribution in [0.15, 0.2) is 39.9 Å². The number of aryl methyl sites for hydroxylation is 1. The van der Waals surface area contributed by atoms with E-state index in [2.05, 4.69) is 53.1 Å². The summed E-state index contributed by atoms with van der Waals surface area (Å²) in [5.41, 5.74) is 3.20. The van der Waals surface area contributed by atoms with Crippen LogP contribution in [0, 0.1) is 6.92 Å². The molecule has 0 amide bonds. The van der Waals surface area contributed by atoms with Crippen molar-refractivity contribution in [2.24, 2.45) is 4.99 Å². The van der Waals surface area contributed by atoms with Crippen molar-refractivity contribution in [2.45, 2.75) is 31.9 Å². The molecule has 0 saturated carbocycles. The molecule has 0 spiro atoms. The Balaban J connectivity index is 0.00000261. The number of nitrogens with zero attached hydrogens (tertiary/aromatic N) is 3. The van der Waals surface area contributed by atoms with E-state index in [9.17, 15) is 0 Å². The zero-order valence-electron chi connectivity index (χ0n) is 16.5. The van der Waals surface area contributed by atoms with E-state index in [1.165, 1.54) is 5.56 Å². The molecule has 7 heteroatoms. The molecule has 1 fully saturated rings. The summed E-state index contributed by atoms with van der Waals surface area (Å²) in [4.78, 5) is 11.4. The third kappa shape index (κ3) is 6.14. The molecule has 3 rings (SSSR count). The summed E-state index contributed by atoms with van der Waals surface area (Å²) < 4.78 is 5.90. The van der Waals surface area contributed by atoms with Gasteiger partial charge in [0.1, 0.15) is 6.26 Å². The molecular weight excluding hydrogens is 471 g/mol. The van der Waals surface area contributed by atoms with Crippen molar-refractivity contribution in [3.63, 3.8) is 0 Å². The predicted octanol–water partition coefficient (Wildman–Crippen LogP) is 4.21. The van der Waals surface area contributed by atoms with Gasteiger partial charge in [-0.2, -0.15) is 11.8 Å². The summed E-state index contributed by atoms with van der Waals surface area (Å²) in [6.45, 7) is 9.49. The Hall–Kier alpha value is -1.22. The lowest BCUT2D eigenvalue weighted by atomic mass is 10.1. The topological polar surface area (TPSA) is 53.7 Å². The van der Waals surface area contributed by atoms with Crippen LogP contribution < -0.4 is 5.32 Å². The van der Waals surface area contributed by atoms with Crippen LogP contribution in [0.5, 0.6) is 0 Å². The van der Waals surface area contributed by atoms with Gasteiger partial charge >= 0.3 is 0 Å². The quantitative estimate of drug-likeness (QED) is 0.387. The second-order valence-electron chi connectivity index (χ2n) is 7.26.